The minimum atomic E-state index is -0.341. The zero-order valence-corrected chi connectivity index (χ0v) is 24.6. The van der Waals surface area contributed by atoms with Gasteiger partial charge in [-0.25, -0.2) is 4.79 Å². The molecule has 1 unspecified atom stereocenters. The van der Waals surface area contributed by atoms with E-state index in [2.05, 4.69) is 16.4 Å². The molecule has 0 spiro atoms. The second-order valence-electron chi connectivity index (χ2n) is 10.6. The molecule has 40 heavy (non-hydrogen) atoms. The molecule has 1 saturated heterocycles. The maximum absolute atomic E-state index is 13.4. The van der Waals surface area contributed by atoms with Crippen molar-refractivity contribution in [1.29, 1.82) is 0 Å². The molecule has 0 saturated carbocycles. The first-order chi connectivity index (χ1) is 19.5. The predicted molar refractivity (Wildman–Crippen MR) is 155 cm³/mol. The number of benzene rings is 1. The summed E-state index contributed by atoms with van der Waals surface area (Å²) in [5, 5.41) is 16.2. The van der Waals surface area contributed by atoms with Gasteiger partial charge in [-0.2, -0.15) is 5.10 Å². The number of rotatable bonds is 8. The lowest BCUT2D eigenvalue weighted by Gasteiger charge is -2.28. The molecule has 9 nitrogen and oxygen atoms in total. The minimum absolute atomic E-state index is 0.0450. The Morgan fingerprint density at radius 3 is 2.73 bits per heavy atom. The first-order valence-electron chi connectivity index (χ1n) is 14.5. The third-order valence-electron chi connectivity index (χ3n) is 8.15. The maximum Gasteiger partial charge on any atom is 0.355 e. The molecule has 218 valence electrons. The Balaban J connectivity index is 1.72. The van der Waals surface area contributed by atoms with Crippen LogP contribution < -0.4 is 0 Å². The topological polar surface area (TPSA) is 91.0 Å². The molecule has 5 rings (SSSR count). The Morgan fingerprint density at radius 2 is 1.98 bits per heavy atom. The molecule has 1 fully saturated rings. The van der Waals surface area contributed by atoms with Crippen molar-refractivity contribution >= 4 is 28.5 Å². The van der Waals surface area contributed by atoms with Crippen molar-refractivity contribution in [2.75, 3.05) is 52.7 Å². The van der Waals surface area contributed by atoms with E-state index in [1.165, 1.54) is 0 Å². The molecule has 0 bridgehead atoms. The lowest BCUT2D eigenvalue weighted by molar-refractivity contribution is 0.00973. The van der Waals surface area contributed by atoms with E-state index < -0.39 is 0 Å². The van der Waals surface area contributed by atoms with Crippen molar-refractivity contribution < 1.29 is 24.1 Å². The van der Waals surface area contributed by atoms with E-state index >= 15 is 0 Å². The van der Waals surface area contributed by atoms with Crippen molar-refractivity contribution in [3.05, 3.63) is 39.8 Å². The molecular weight excluding hydrogens is 532 g/mol. The monoisotopic (exact) mass is 572 g/mol. The van der Waals surface area contributed by atoms with Gasteiger partial charge in [-0.3, -0.25) is 9.58 Å². The quantitative estimate of drug-likeness (QED) is 0.392. The highest BCUT2D eigenvalue weighted by molar-refractivity contribution is 6.35. The van der Waals surface area contributed by atoms with E-state index in [1.54, 1.807) is 0 Å². The van der Waals surface area contributed by atoms with E-state index in [0.717, 1.165) is 91.1 Å². The van der Waals surface area contributed by atoms with Gasteiger partial charge in [0.15, 0.2) is 0 Å². The van der Waals surface area contributed by atoms with Crippen LogP contribution in [0.3, 0.4) is 0 Å². The van der Waals surface area contributed by atoms with Crippen LogP contribution in [-0.4, -0.2) is 83.0 Å². The first kappa shape index (κ1) is 29.1. The van der Waals surface area contributed by atoms with Gasteiger partial charge in [-0.05, 0) is 57.6 Å². The number of aryl methyl sites for hydroxylation is 3. The molecular formula is C30H41ClN4O5. The SMILES string of the molecule is CCOC(=O)c1c(CCCO)c2ccc(Cl)c3c2n1CCCCOC(CCN1CCOCC1)c1nn(C)c(C)c1-3. The lowest BCUT2D eigenvalue weighted by Crippen LogP contribution is -2.37. The number of fused-ring (bicyclic) bond motifs is 2. The van der Waals surface area contributed by atoms with E-state index in [9.17, 15) is 9.90 Å². The standard InChI is InChI=1S/C30H41ClN4O5/c1-4-39-30(37)29-21(8-7-16-36)22-9-10-23(31)26-25-20(2)33(3)32-27(25)24(11-13-34-14-18-38-19-15-34)40-17-6-5-12-35(29)28(22)26/h9-10,24,36H,4-8,11-19H2,1-3H3. The lowest BCUT2D eigenvalue weighted by atomic mass is 9.95. The van der Waals surface area contributed by atoms with Crippen LogP contribution in [0.25, 0.3) is 22.0 Å². The second kappa shape index (κ2) is 13.0. The van der Waals surface area contributed by atoms with Gasteiger partial charge >= 0.3 is 5.97 Å². The van der Waals surface area contributed by atoms with Gasteiger partial charge in [0, 0.05) is 68.6 Å². The Hall–Kier alpha value is -2.43. The zero-order chi connectivity index (χ0) is 28.2. The van der Waals surface area contributed by atoms with Crippen LogP contribution in [-0.2, 0) is 34.2 Å². The number of carbonyl (C=O) groups excluding carboxylic acids is 1. The number of carbonyl (C=O) groups is 1. The number of esters is 1. The van der Waals surface area contributed by atoms with Crippen molar-refractivity contribution in [2.45, 2.75) is 58.6 Å². The number of ether oxygens (including phenoxy) is 3. The van der Waals surface area contributed by atoms with Crippen molar-refractivity contribution in [3.63, 3.8) is 0 Å². The number of hydrogen-bond donors (Lipinski definition) is 1. The summed E-state index contributed by atoms with van der Waals surface area (Å²) in [5.74, 6) is -0.341. The van der Waals surface area contributed by atoms with Crippen LogP contribution in [0, 0.1) is 6.92 Å². The van der Waals surface area contributed by atoms with Crippen LogP contribution in [0.15, 0.2) is 12.1 Å². The molecule has 4 heterocycles. The summed E-state index contributed by atoms with van der Waals surface area (Å²) in [4.78, 5) is 15.9. The molecule has 1 N–H and O–H groups in total. The number of aliphatic hydroxyl groups excluding tert-OH is 1. The highest BCUT2D eigenvalue weighted by atomic mass is 35.5. The van der Waals surface area contributed by atoms with Crippen LogP contribution in [0.4, 0.5) is 0 Å². The zero-order valence-electron chi connectivity index (χ0n) is 23.9. The smallest absolute Gasteiger partial charge is 0.355 e. The fourth-order valence-corrected chi connectivity index (χ4v) is 6.33. The maximum atomic E-state index is 13.4. The van der Waals surface area contributed by atoms with Crippen molar-refractivity contribution in [2.24, 2.45) is 7.05 Å². The van der Waals surface area contributed by atoms with Crippen LogP contribution in [0.5, 0.6) is 0 Å². The molecule has 10 heteroatoms. The third-order valence-corrected chi connectivity index (χ3v) is 8.47. The van der Waals surface area contributed by atoms with Gasteiger partial charge in [0.1, 0.15) is 11.8 Å². The molecule has 1 atom stereocenters. The van der Waals surface area contributed by atoms with Gasteiger partial charge in [0.25, 0.3) is 0 Å². The van der Waals surface area contributed by atoms with Crippen LogP contribution >= 0.6 is 11.6 Å². The highest BCUT2D eigenvalue weighted by Crippen LogP contribution is 2.44. The minimum Gasteiger partial charge on any atom is -0.461 e. The summed E-state index contributed by atoms with van der Waals surface area (Å²) in [6.45, 7) is 9.72. The van der Waals surface area contributed by atoms with Crippen molar-refractivity contribution in [1.82, 2.24) is 19.2 Å². The Morgan fingerprint density at radius 1 is 1.18 bits per heavy atom. The molecule has 0 aliphatic carbocycles. The van der Waals surface area contributed by atoms with Crippen LogP contribution in [0.1, 0.15) is 66.2 Å². The number of aliphatic hydroxyl groups is 1. The summed E-state index contributed by atoms with van der Waals surface area (Å²) >= 11 is 7.06. The molecule has 1 aromatic carbocycles. The van der Waals surface area contributed by atoms with Gasteiger partial charge in [-0.1, -0.05) is 17.7 Å². The third kappa shape index (κ3) is 5.67. The largest absolute Gasteiger partial charge is 0.461 e. The number of morpholine rings is 1. The normalized spacial score (nSPS) is 18.5. The summed E-state index contributed by atoms with van der Waals surface area (Å²) in [5.41, 5.74) is 6.10. The van der Waals surface area contributed by atoms with E-state index in [1.807, 2.05) is 30.8 Å². The van der Waals surface area contributed by atoms with Gasteiger partial charge in [0.05, 0.1) is 36.1 Å². The summed E-state index contributed by atoms with van der Waals surface area (Å²) in [6.07, 6.45) is 3.43. The molecule has 2 aliphatic heterocycles. The average Bonchev–Trinajstić information content (AvgIpc) is 3.41. The Kier molecular flexibility index (Phi) is 9.48. The predicted octanol–water partition coefficient (Wildman–Crippen LogP) is 4.68. The number of aromatic nitrogens is 3. The fraction of sp³-hybridized carbons (Fsp3) is 0.600. The molecule has 0 amide bonds. The number of hydrogen-bond acceptors (Lipinski definition) is 7. The van der Waals surface area contributed by atoms with E-state index in [4.69, 9.17) is 30.9 Å². The van der Waals surface area contributed by atoms with Gasteiger partial charge in [-0.15, -0.1) is 0 Å². The molecule has 2 aromatic heterocycles. The highest BCUT2D eigenvalue weighted by Gasteiger charge is 2.32. The van der Waals surface area contributed by atoms with Crippen molar-refractivity contribution in [3.8, 4) is 11.1 Å². The second-order valence-corrected chi connectivity index (χ2v) is 11.0. The molecule has 0 radical (unpaired) electrons. The molecule has 3 aromatic rings. The summed E-state index contributed by atoms with van der Waals surface area (Å²) < 4.78 is 21.7. The first-order valence-corrected chi connectivity index (χ1v) is 14.9. The molecule has 2 aliphatic rings. The summed E-state index contributed by atoms with van der Waals surface area (Å²) in [7, 11) is 1.96. The fourth-order valence-electron chi connectivity index (χ4n) is 6.09. The Labute approximate surface area is 240 Å². The average molecular weight is 573 g/mol. The summed E-state index contributed by atoms with van der Waals surface area (Å²) in [6, 6.07) is 3.92. The number of halogens is 1. The Bertz CT molecular complexity index is 1340. The van der Waals surface area contributed by atoms with E-state index in [-0.39, 0.29) is 25.3 Å². The van der Waals surface area contributed by atoms with E-state index in [0.29, 0.717) is 36.7 Å². The van der Waals surface area contributed by atoms with Gasteiger partial charge in [0.2, 0.25) is 0 Å². The van der Waals surface area contributed by atoms with Gasteiger partial charge < -0.3 is 23.9 Å². The number of nitrogens with zero attached hydrogens (tertiary/aromatic N) is 4. The van der Waals surface area contributed by atoms with Crippen LogP contribution in [0.2, 0.25) is 5.02 Å².